The van der Waals surface area contributed by atoms with Gasteiger partial charge in [0.1, 0.15) is 13.2 Å². The van der Waals surface area contributed by atoms with E-state index in [0.717, 1.165) is 77.0 Å². The first-order valence-corrected chi connectivity index (χ1v) is 31.4. The largest absolute Gasteiger partial charge is 0.462 e. The summed E-state index contributed by atoms with van der Waals surface area (Å²) in [5, 5.41) is 0. The van der Waals surface area contributed by atoms with Crippen molar-refractivity contribution in [1.82, 2.24) is 0 Å². The minimum Gasteiger partial charge on any atom is -0.462 e. The van der Waals surface area contributed by atoms with Gasteiger partial charge in [-0.3, -0.25) is 14.4 Å². The van der Waals surface area contributed by atoms with Crippen LogP contribution in [0.5, 0.6) is 0 Å². The van der Waals surface area contributed by atoms with Crippen LogP contribution in [-0.2, 0) is 28.6 Å². The lowest BCUT2D eigenvalue weighted by Gasteiger charge is -2.18. The predicted octanol–water partition coefficient (Wildman–Crippen LogP) is 21.3. The molecule has 0 aliphatic heterocycles. The maximum Gasteiger partial charge on any atom is 0.306 e. The molecule has 0 spiro atoms. The van der Waals surface area contributed by atoms with Crippen LogP contribution in [0.4, 0.5) is 0 Å². The lowest BCUT2D eigenvalue weighted by molar-refractivity contribution is -0.167. The molecular weight excluding hydrogens is 901 g/mol. The Kier molecular flexibility index (Phi) is 58.7. The van der Waals surface area contributed by atoms with Crippen molar-refractivity contribution in [3.05, 3.63) is 72.9 Å². The Balaban J connectivity index is 4.32. The number of esters is 3. The van der Waals surface area contributed by atoms with Crippen LogP contribution in [0.1, 0.15) is 316 Å². The van der Waals surface area contributed by atoms with E-state index in [1.165, 1.54) is 193 Å². The van der Waals surface area contributed by atoms with Gasteiger partial charge in [0.05, 0.1) is 0 Å². The van der Waals surface area contributed by atoms with Crippen LogP contribution < -0.4 is 0 Å². The summed E-state index contributed by atoms with van der Waals surface area (Å²) in [6.07, 6.45) is 79.2. The van der Waals surface area contributed by atoms with E-state index in [1.807, 2.05) is 0 Å². The number of rotatable bonds is 57. The summed E-state index contributed by atoms with van der Waals surface area (Å²) in [6, 6.07) is 0. The Morgan fingerprint density at radius 3 is 0.890 bits per heavy atom. The van der Waals surface area contributed by atoms with Crippen molar-refractivity contribution in [3.63, 3.8) is 0 Å². The number of hydrogen-bond acceptors (Lipinski definition) is 6. The second kappa shape index (κ2) is 61.4. The van der Waals surface area contributed by atoms with Gasteiger partial charge in [-0.1, -0.05) is 286 Å². The smallest absolute Gasteiger partial charge is 0.306 e. The molecule has 0 saturated carbocycles. The van der Waals surface area contributed by atoms with Gasteiger partial charge in [-0.05, 0) is 83.5 Å². The van der Waals surface area contributed by atoms with Gasteiger partial charge in [0, 0.05) is 19.3 Å². The lowest BCUT2D eigenvalue weighted by atomic mass is 10.0. The van der Waals surface area contributed by atoms with E-state index in [9.17, 15) is 14.4 Å². The van der Waals surface area contributed by atoms with Crippen LogP contribution >= 0.6 is 0 Å². The summed E-state index contributed by atoms with van der Waals surface area (Å²) in [5.41, 5.74) is 0. The number of ether oxygens (including phenoxy) is 3. The topological polar surface area (TPSA) is 78.9 Å². The second-order valence-corrected chi connectivity index (χ2v) is 20.9. The molecule has 0 fully saturated rings. The zero-order valence-corrected chi connectivity index (χ0v) is 48.4. The molecule has 0 saturated heterocycles. The molecule has 1 atom stereocenters. The summed E-state index contributed by atoms with van der Waals surface area (Å²) >= 11 is 0. The van der Waals surface area contributed by atoms with Crippen molar-refractivity contribution in [2.45, 2.75) is 322 Å². The third kappa shape index (κ3) is 59.6. The highest BCUT2D eigenvalue weighted by molar-refractivity contribution is 5.71. The summed E-state index contributed by atoms with van der Waals surface area (Å²) in [6.45, 7) is 6.51. The van der Waals surface area contributed by atoms with Crippen molar-refractivity contribution in [2.75, 3.05) is 13.2 Å². The molecule has 0 aromatic carbocycles. The van der Waals surface area contributed by atoms with Gasteiger partial charge in [-0.15, -0.1) is 0 Å². The third-order valence-corrected chi connectivity index (χ3v) is 13.7. The molecule has 73 heavy (non-hydrogen) atoms. The van der Waals surface area contributed by atoms with Crippen LogP contribution in [0, 0.1) is 0 Å². The minimum atomic E-state index is -0.803. The van der Waals surface area contributed by atoms with Gasteiger partial charge in [0.25, 0.3) is 0 Å². The fourth-order valence-electron chi connectivity index (χ4n) is 9.00. The first-order chi connectivity index (χ1) is 36.0. The molecule has 0 aromatic rings. The quantitative estimate of drug-likeness (QED) is 0.0261. The number of allylic oxidation sites excluding steroid dienone is 12. The summed E-state index contributed by atoms with van der Waals surface area (Å²) in [4.78, 5) is 38.2. The van der Waals surface area contributed by atoms with E-state index in [1.54, 1.807) is 0 Å². The molecule has 0 amide bonds. The minimum absolute atomic E-state index is 0.0948. The second-order valence-electron chi connectivity index (χ2n) is 20.9. The van der Waals surface area contributed by atoms with Crippen LogP contribution in [0.25, 0.3) is 0 Å². The van der Waals surface area contributed by atoms with E-state index in [4.69, 9.17) is 14.2 Å². The van der Waals surface area contributed by atoms with Gasteiger partial charge in [-0.2, -0.15) is 0 Å². The molecule has 0 N–H and O–H groups in total. The molecule has 0 rings (SSSR count). The fraction of sp³-hybridized carbons (Fsp3) is 0.776. The van der Waals surface area contributed by atoms with Crippen molar-refractivity contribution < 1.29 is 28.6 Å². The van der Waals surface area contributed by atoms with Crippen molar-refractivity contribution >= 4 is 17.9 Å². The number of hydrogen-bond donors (Lipinski definition) is 0. The average Bonchev–Trinajstić information content (AvgIpc) is 3.39. The molecule has 0 aromatic heterocycles. The molecule has 6 heteroatoms. The maximum atomic E-state index is 12.9. The van der Waals surface area contributed by atoms with Crippen LogP contribution in [-0.4, -0.2) is 37.2 Å². The predicted molar refractivity (Wildman–Crippen MR) is 316 cm³/mol. The molecular formula is C67H118O6. The molecule has 0 aliphatic rings. The number of carbonyl (C=O) groups excluding carboxylic acids is 3. The van der Waals surface area contributed by atoms with Crippen molar-refractivity contribution in [1.29, 1.82) is 0 Å². The summed E-state index contributed by atoms with van der Waals surface area (Å²) in [7, 11) is 0. The van der Waals surface area contributed by atoms with E-state index in [-0.39, 0.29) is 37.5 Å². The Morgan fingerprint density at radius 1 is 0.288 bits per heavy atom. The Bertz CT molecular complexity index is 1360. The van der Waals surface area contributed by atoms with Crippen LogP contribution in [0.15, 0.2) is 72.9 Å². The Hall–Kier alpha value is -3.15. The normalized spacial score (nSPS) is 12.5. The van der Waals surface area contributed by atoms with E-state index < -0.39 is 6.10 Å². The summed E-state index contributed by atoms with van der Waals surface area (Å²) < 4.78 is 16.9. The highest BCUT2D eigenvalue weighted by atomic mass is 16.6. The standard InChI is InChI=1S/C67H118O6/c1-4-7-10-13-16-19-22-25-27-29-30-31-32-33-34-35-36-38-39-42-45-48-51-54-57-60-66(69)72-63-64(62-71-65(68)59-56-53-50-47-44-41-24-21-18-15-12-9-6-3)73-67(70)61-58-55-52-49-46-43-40-37-28-26-23-20-17-14-11-8-5-2/h8,11,17,20,26,28-30,40,43,49,52,64H,4-7,9-10,12-16,18-19,21-25,27,31-39,41-42,44-48,50-51,53-63H2,1-3H3/b11-8-,20-17-,28-26-,30-29-,43-40-,52-49-. The van der Waals surface area contributed by atoms with Gasteiger partial charge < -0.3 is 14.2 Å². The molecule has 422 valence electrons. The molecule has 6 nitrogen and oxygen atoms in total. The van der Waals surface area contributed by atoms with E-state index >= 15 is 0 Å². The average molecular weight is 1020 g/mol. The Labute approximate surface area is 453 Å². The molecule has 0 radical (unpaired) electrons. The fourth-order valence-corrected chi connectivity index (χ4v) is 9.00. The van der Waals surface area contributed by atoms with E-state index in [2.05, 4.69) is 93.7 Å². The number of carbonyl (C=O) groups is 3. The van der Waals surface area contributed by atoms with Gasteiger partial charge in [0.2, 0.25) is 0 Å². The molecule has 0 aliphatic carbocycles. The van der Waals surface area contributed by atoms with Crippen LogP contribution in [0.2, 0.25) is 0 Å². The van der Waals surface area contributed by atoms with Gasteiger partial charge in [-0.25, -0.2) is 0 Å². The lowest BCUT2D eigenvalue weighted by Crippen LogP contribution is -2.30. The monoisotopic (exact) mass is 1020 g/mol. The zero-order valence-electron chi connectivity index (χ0n) is 48.4. The van der Waals surface area contributed by atoms with Crippen LogP contribution in [0.3, 0.4) is 0 Å². The van der Waals surface area contributed by atoms with E-state index in [0.29, 0.717) is 19.3 Å². The first-order valence-electron chi connectivity index (χ1n) is 31.4. The highest BCUT2D eigenvalue weighted by Gasteiger charge is 2.19. The SMILES string of the molecule is CC/C=C\C/C=C\C/C=C\C/C=C\C/C=C\CCCC(=O)OC(COC(=O)CCCCCCCCCCCCCCC)COC(=O)CCCCCCCCCCCCCCC/C=C\CCCCCCCCCC. The molecule has 0 heterocycles. The van der Waals surface area contributed by atoms with Gasteiger partial charge >= 0.3 is 17.9 Å². The Morgan fingerprint density at radius 2 is 0.548 bits per heavy atom. The number of unbranched alkanes of at least 4 members (excludes halogenated alkanes) is 34. The molecule has 0 bridgehead atoms. The highest BCUT2D eigenvalue weighted by Crippen LogP contribution is 2.17. The maximum absolute atomic E-state index is 12.9. The summed E-state index contributed by atoms with van der Waals surface area (Å²) in [5.74, 6) is -0.940. The third-order valence-electron chi connectivity index (χ3n) is 13.7. The van der Waals surface area contributed by atoms with Crippen molar-refractivity contribution in [2.24, 2.45) is 0 Å². The zero-order chi connectivity index (χ0) is 52.9. The van der Waals surface area contributed by atoms with Gasteiger partial charge in [0.15, 0.2) is 6.10 Å². The first kappa shape index (κ1) is 69.8. The molecule has 1 unspecified atom stereocenters. The van der Waals surface area contributed by atoms with Crippen molar-refractivity contribution in [3.8, 4) is 0 Å².